The predicted octanol–water partition coefficient (Wildman–Crippen LogP) is 2.48. The number of aliphatic hydroxyl groups excluding tert-OH is 1. The van der Waals surface area contributed by atoms with Gasteiger partial charge in [-0.3, -0.25) is 4.79 Å². The molecule has 0 aliphatic heterocycles. The van der Waals surface area contributed by atoms with E-state index in [0.29, 0.717) is 12.1 Å². The van der Waals surface area contributed by atoms with Crippen LogP contribution in [0.2, 0.25) is 0 Å². The summed E-state index contributed by atoms with van der Waals surface area (Å²) in [5.41, 5.74) is 0.729. The standard InChI is InChI=1S/C17H20FNO2/c1-2-7-17(8-9-17)12-19-16(21)14-6-5-13(4-3-10-20)11-15(14)18/h5-6,11,20H,2,7-10,12H2,1H3,(H,19,21). The Morgan fingerprint density at radius 2 is 2.24 bits per heavy atom. The second-order valence-electron chi connectivity index (χ2n) is 5.59. The number of rotatable bonds is 5. The molecule has 0 spiro atoms. The van der Waals surface area contributed by atoms with Crippen molar-refractivity contribution < 1.29 is 14.3 Å². The molecule has 1 aromatic carbocycles. The molecule has 112 valence electrons. The Bertz CT molecular complexity index is 582. The molecule has 2 N–H and O–H groups in total. The number of aliphatic hydroxyl groups is 1. The van der Waals surface area contributed by atoms with Gasteiger partial charge < -0.3 is 10.4 Å². The maximum atomic E-state index is 13.9. The molecule has 21 heavy (non-hydrogen) atoms. The van der Waals surface area contributed by atoms with Crippen LogP contribution in [0.1, 0.15) is 48.5 Å². The lowest BCUT2D eigenvalue weighted by Gasteiger charge is -2.15. The Morgan fingerprint density at radius 1 is 1.48 bits per heavy atom. The quantitative estimate of drug-likeness (QED) is 0.818. The molecule has 0 unspecified atom stereocenters. The molecular formula is C17H20FNO2. The highest BCUT2D eigenvalue weighted by atomic mass is 19.1. The van der Waals surface area contributed by atoms with Crippen LogP contribution >= 0.6 is 0 Å². The van der Waals surface area contributed by atoms with Crippen molar-refractivity contribution in [3.8, 4) is 11.8 Å². The summed E-state index contributed by atoms with van der Waals surface area (Å²) in [6.07, 6.45) is 4.48. The third-order valence-corrected chi connectivity index (χ3v) is 3.89. The average Bonchev–Trinajstić information content (AvgIpc) is 3.23. The molecule has 0 bridgehead atoms. The van der Waals surface area contributed by atoms with Crippen molar-refractivity contribution in [1.82, 2.24) is 5.32 Å². The second-order valence-corrected chi connectivity index (χ2v) is 5.59. The summed E-state index contributed by atoms with van der Waals surface area (Å²) in [6.45, 7) is 2.47. The number of carbonyl (C=O) groups excluding carboxylic acids is 1. The zero-order chi connectivity index (χ0) is 15.3. The molecule has 1 amide bonds. The molecule has 1 saturated carbocycles. The maximum absolute atomic E-state index is 13.9. The normalized spacial score (nSPS) is 15.0. The minimum atomic E-state index is -0.586. The zero-order valence-electron chi connectivity index (χ0n) is 12.2. The molecule has 2 rings (SSSR count). The third-order valence-electron chi connectivity index (χ3n) is 3.89. The first-order valence-corrected chi connectivity index (χ1v) is 7.28. The summed E-state index contributed by atoms with van der Waals surface area (Å²) in [5, 5.41) is 11.4. The van der Waals surface area contributed by atoms with E-state index in [1.807, 2.05) is 0 Å². The van der Waals surface area contributed by atoms with Gasteiger partial charge in [-0.1, -0.05) is 25.2 Å². The van der Waals surface area contributed by atoms with Gasteiger partial charge in [0.1, 0.15) is 12.4 Å². The number of amides is 1. The van der Waals surface area contributed by atoms with Crippen molar-refractivity contribution in [2.75, 3.05) is 13.2 Å². The molecule has 0 aromatic heterocycles. The smallest absolute Gasteiger partial charge is 0.254 e. The van der Waals surface area contributed by atoms with Gasteiger partial charge in [-0.05, 0) is 42.9 Å². The Balaban J connectivity index is 1.99. The Morgan fingerprint density at radius 3 is 2.81 bits per heavy atom. The highest BCUT2D eigenvalue weighted by Crippen LogP contribution is 2.48. The predicted molar refractivity (Wildman–Crippen MR) is 79.3 cm³/mol. The van der Waals surface area contributed by atoms with Crippen LogP contribution in [-0.4, -0.2) is 24.2 Å². The van der Waals surface area contributed by atoms with Crippen molar-refractivity contribution in [2.45, 2.75) is 32.6 Å². The lowest BCUT2D eigenvalue weighted by molar-refractivity contribution is 0.0939. The first-order valence-electron chi connectivity index (χ1n) is 7.28. The van der Waals surface area contributed by atoms with E-state index in [4.69, 9.17) is 5.11 Å². The molecule has 1 aliphatic rings. The van der Waals surface area contributed by atoms with Gasteiger partial charge in [-0.15, -0.1) is 0 Å². The number of benzene rings is 1. The number of halogens is 1. The van der Waals surface area contributed by atoms with Crippen molar-refractivity contribution in [2.24, 2.45) is 5.41 Å². The minimum absolute atomic E-state index is 0.0387. The van der Waals surface area contributed by atoms with Crippen molar-refractivity contribution in [3.05, 3.63) is 35.1 Å². The first-order chi connectivity index (χ1) is 10.1. The van der Waals surface area contributed by atoms with Gasteiger partial charge in [0.2, 0.25) is 0 Å². The molecule has 1 fully saturated rings. The van der Waals surface area contributed by atoms with Crippen LogP contribution in [0.3, 0.4) is 0 Å². The van der Waals surface area contributed by atoms with Crippen LogP contribution in [-0.2, 0) is 0 Å². The molecular weight excluding hydrogens is 269 g/mol. The van der Waals surface area contributed by atoms with Gasteiger partial charge in [0.15, 0.2) is 0 Å². The van der Waals surface area contributed by atoms with E-state index < -0.39 is 5.82 Å². The molecule has 4 heteroatoms. The van der Waals surface area contributed by atoms with E-state index in [0.717, 1.165) is 25.7 Å². The monoisotopic (exact) mass is 289 g/mol. The summed E-state index contributed by atoms with van der Waals surface area (Å²) in [7, 11) is 0. The van der Waals surface area contributed by atoms with E-state index in [1.165, 1.54) is 12.1 Å². The fraction of sp³-hybridized carbons (Fsp3) is 0.471. The highest BCUT2D eigenvalue weighted by Gasteiger charge is 2.41. The zero-order valence-corrected chi connectivity index (χ0v) is 12.2. The summed E-state index contributed by atoms with van der Waals surface area (Å²) in [5.74, 6) is 4.09. The molecule has 1 aliphatic carbocycles. The number of hydrogen-bond acceptors (Lipinski definition) is 2. The van der Waals surface area contributed by atoms with Gasteiger partial charge >= 0.3 is 0 Å². The van der Waals surface area contributed by atoms with Gasteiger partial charge in [0.05, 0.1) is 5.56 Å². The van der Waals surface area contributed by atoms with E-state index in [2.05, 4.69) is 24.1 Å². The van der Waals surface area contributed by atoms with Crippen LogP contribution in [0, 0.1) is 23.1 Å². The van der Waals surface area contributed by atoms with E-state index in [1.54, 1.807) is 6.07 Å². The largest absolute Gasteiger partial charge is 0.384 e. The van der Waals surface area contributed by atoms with Gasteiger partial charge in [0, 0.05) is 12.1 Å². The molecule has 0 heterocycles. The van der Waals surface area contributed by atoms with Crippen molar-refractivity contribution >= 4 is 5.91 Å². The molecule has 3 nitrogen and oxygen atoms in total. The number of nitrogens with one attached hydrogen (secondary N) is 1. The maximum Gasteiger partial charge on any atom is 0.254 e. The van der Waals surface area contributed by atoms with Crippen LogP contribution in [0.5, 0.6) is 0 Å². The Hall–Kier alpha value is -1.86. The van der Waals surface area contributed by atoms with E-state index in [-0.39, 0.29) is 23.5 Å². The topological polar surface area (TPSA) is 49.3 Å². The van der Waals surface area contributed by atoms with Crippen LogP contribution in [0.25, 0.3) is 0 Å². The summed E-state index contributed by atoms with van der Waals surface area (Å²) >= 11 is 0. The molecule has 0 atom stereocenters. The van der Waals surface area contributed by atoms with Crippen LogP contribution < -0.4 is 5.32 Å². The summed E-state index contributed by atoms with van der Waals surface area (Å²) in [6, 6.07) is 4.24. The van der Waals surface area contributed by atoms with E-state index >= 15 is 0 Å². The highest BCUT2D eigenvalue weighted by molar-refractivity contribution is 5.94. The van der Waals surface area contributed by atoms with Crippen LogP contribution in [0.4, 0.5) is 4.39 Å². The average molecular weight is 289 g/mol. The molecule has 0 saturated heterocycles. The minimum Gasteiger partial charge on any atom is -0.384 e. The lowest BCUT2D eigenvalue weighted by atomic mass is 10.0. The summed E-state index contributed by atoms with van der Waals surface area (Å²) < 4.78 is 13.9. The van der Waals surface area contributed by atoms with Gasteiger partial charge in [-0.2, -0.15) is 0 Å². The fourth-order valence-electron chi connectivity index (χ4n) is 2.50. The first kappa shape index (κ1) is 15.5. The SMILES string of the molecule is CCCC1(CNC(=O)c2ccc(C#CCO)cc2F)CC1. The van der Waals surface area contributed by atoms with Crippen molar-refractivity contribution in [1.29, 1.82) is 0 Å². The Labute approximate surface area is 124 Å². The van der Waals surface area contributed by atoms with Crippen LogP contribution in [0.15, 0.2) is 18.2 Å². The molecule has 0 radical (unpaired) electrons. The molecule has 1 aromatic rings. The van der Waals surface area contributed by atoms with Gasteiger partial charge in [0.25, 0.3) is 5.91 Å². The fourth-order valence-corrected chi connectivity index (χ4v) is 2.50. The van der Waals surface area contributed by atoms with Crippen molar-refractivity contribution in [3.63, 3.8) is 0 Å². The lowest BCUT2D eigenvalue weighted by Crippen LogP contribution is -2.30. The number of carbonyl (C=O) groups is 1. The summed E-state index contributed by atoms with van der Waals surface area (Å²) in [4.78, 5) is 12.0. The second kappa shape index (κ2) is 6.73. The van der Waals surface area contributed by atoms with Gasteiger partial charge in [-0.25, -0.2) is 4.39 Å². The Kier molecular flexibility index (Phi) is 4.98. The van der Waals surface area contributed by atoms with E-state index in [9.17, 15) is 9.18 Å². The third kappa shape index (κ3) is 4.05. The number of hydrogen-bond donors (Lipinski definition) is 2.